The van der Waals surface area contributed by atoms with Gasteiger partial charge in [-0.25, -0.2) is 4.98 Å². The quantitative estimate of drug-likeness (QED) is 0.382. The zero-order valence-corrected chi connectivity index (χ0v) is 18.9. The average molecular weight is 466 g/mol. The minimum atomic E-state index is -0.370. The fourth-order valence-electron chi connectivity index (χ4n) is 2.95. The summed E-state index contributed by atoms with van der Waals surface area (Å²) in [5, 5.41) is 10.1. The summed E-state index contributed by atoms with van der Waals surface area (Å²) in [6.07, 6.45) is 0. The minimum Gasteiger partial charge on any atom is -0.494 e. The van der Waals surface area contributed by atoms with Gasteiger partial charge in [0, 0.05) is 23.1 Å². The summed E-state index contributed by atoms with van der Waals surface area (Å²) >= 11 is 2.97. The van der Waals surface area contributed by atoms with Crippen molar-refractivity contribution < 1.29 is 19.1 Å². The first kappa shape index (κ1) is 21.5. The normalized spacial score (nSPS) is 10.4. The van der Waals surface area contributed by atoms with Crippen LogP contribution in [0.1, 0.15) is 20.8 Å². The molecule has 0 bridgehead atoms. The third kappa shape index (κ3) is 4.63. The Bertz CT molecular complexity index is 1240. The van der Waals surface area contributed by atoms with Crippen LogP contribution < -0.4 is 20.1 Å². The minimum absolute atomic E-state index is 0.286. The predicted molar refractivity (Wildman–Crippen MR) is 127 cm³/mol. The molecule has 0 aliphatic carbocycles. The monoisotopic (exact) mass is 465 g/mol. The van der Waals surface area contributed by atoms with Crippen molar-refractivity contribution in [2.24, 2.45) is 0 Å². The molecule has 0 atom stereocenters. The molecule has 7 nitrogen and oxygen atoms in total. The largest absolute Gasteiger partial charge is 0.494 e. The first-order valence-electron chi connectivity index (χ1n) is 9.52. The van der Waals surface area contributed by atoms with Crippen molar-refractivity contribution in [2.75, 3.05) is 24.9 Å². The summed E-state index contributed by atoms with van der Waals surface area (Å²) in [7, 11) is 2.97. The number of ether oxygens (including phenoxy) is 2. The number of benzene rings is 2. The molecule has 2 aromatic heterocycles. The SMILES string of the molecule is COc1cc(NC(=O)c2csc(-c3cccs3)n2)c(OC)cc1NC(=O)c1ccccc1. The molecule has 2 heterocycles. The average Bonchev–Trinajstić information content (AvgIpc) is 3.52. The molecule has 2 aromatic carbocycles. The highest BCUT2D eigenvalue weighted by atomic mass is 32.1. The van der Waals surface area contributed by atoms with Gasteiger partial charge >= 0.3 is 0 Å². The zero-order valence-electron chi connectivity index (χ0n) is 17.2. The van der Waals surface area contributed by atoms with E-state index >= 15 is 0 Å². The van der Waals surface area contributed by atoms with Crippen molar-refractivity contribution in [3.05, 3.63) is 76.6 Å². The molecule has 162 valence electrons. The van der Waals surface area contributed by atoms with E-state index in [4.69, 9.17) is 9.47 Å². The van der Waals surface area contributed by atoms with Gasteiger partial charge in [-0.15, -0.1) is 22.7 Å². The van der Waals surface area contributed by atoms with E-state index in [2.05, 4.69) is 15.6 Å². The number of thiophene rings is 1. The fraction of sp³-hybridized carbons (Fsp3) is 0.0870. The molecule has 2 N–H and O–H groups in total. The molecule has 32 heavy (non-hydrogen) atoms. The molecule has 0 aliphatic rings. The van der Waals surface area contributed by atoms with Crippen LogP contribution in [-0.4, -0.2) is 31.0 Å². The lowest BCUT2D eigenvalue weighted by molar-refractivity contribution is 0.101. The first-order chi connectivity index (χ1) is 15.6. The lowest BCUT2D eigenvalue weighted by Gasteiger charge is -2.16. The Balaban J connectivity index is 1.56. The number of carbonyl (C=O) groups excluding carboxylic acids is 2. The smallest absolute Gasteiger partial charge is 0.275 e. The summed E-state index contributed by atoms with van der Waals surface area (Å²) in [4.78, 5) is 30.8. The van der Waals surface area contributed by atoms with E-state index in [1.807, 2.05) is 23.6 Å². The van der Waals surface area contributed by atoms with E-state index in [-0.39, 0.29) is 11.8 Å². The molecular weight excluding hydrogens is 446 g/mol. The standard InChI is InChI=1S/C23H19N3O4S2/c1-29-18-12-16(25-22(28)17-13-32-23(26-17)20-9-6-10-31-20)19(30-2)11-15(18)24-21(27)14-7-4-3-5-8-14/h3-13H,1-2H3,(H,24,27)(H,25,28). The molecule has 0 unspecified atom stereocenters. The van der Waals surface area contributed by atoms with Gasteiger partial charge in [-0.05, 0) is 23.6 Å². The number of nitrogens with zero attached hydrogens (tertiary/aromatic N) is 1. The van der Waals surface area contributed by atoms with Gasteiger partial charge in [0.15, 0.2) is 0 Å². The third-order valence-electron chi connectivity index (χ3n) is 4.52. The molecular formula is C23H19N3O4S2. The molecule has 2 amide bonds. The number of aromatic nitrogens is 1. The fourth-order valence-corrected chi connectivity index (χ4v) is 4.57. The third-order valence-corrected chi connectivity index (χ3v) is 6.40. The van der Waals surface area contributed by atoms with Gasteiger partial charge in [-0.3, -0.25) is 9.59 Å². The molecule has 4 aromatic rings. The van der Waals surface area contributed by atoms with E-state index < -0.39 is 0 Å². The van der Waals surface area contributed by atoms with Crippen LogP contribution >= 0.6 is 22.7 Å². The topological polar surface area (TPSA) is 89.6 Å². The van der Waals surface area contributed by atoms with Crippen molar-refractivity contribution in [3.8, 4) is 21.4 Å². The molecule has 0 saturated heterocycles. The van der Waals surface area contributed by atoms with Crippen LogP contribution in [0.4, 0.5) is 11.4 Å². The Morgan fingerprint density at radius 1 is 0.844 bits per heavy atom. The van der Waals surface area contributed by atoms with Crippen molar-refractivity contribution in [1.82, 2.24) is 4.98 Å². The number of hydrogen-bond acceptors (Lipinski definition) is 7. The number of methoxy groups -OCH3 is 2. The number of anilines is 2. The highest BCUT2D eigenvalue weighted by molar-refractivity contribution is 7.20. The van der Waals surface area contributed by atoms with Crippen LogP contribution in [0.3, 0.4) is 0 Å². The number of amides is 2. The van der Waals surface area contributed by atoms with Crippen molar-refractivity contribution in [2.45, 2.75) is 0 Å². The molecule has 4 rings (SSSR count). The van der Waals surface area contributed by atoms with Crippen molar-refractivity contribution in [1.29, 1.82) is 0 Å². The Hall–Kier alpha value is -3.69. The van der Waals surface area contributed by atoms with Crippen LogP contribution in [0, 0.1) is 0 Å². The van der Waals surface area contributed by atoms with E-state index in [9.17, 15) is 9.59 Å². The Morgan fingerprint density at radius 2 is 1.50 bits per heavy atom. The summed E-state index contributed by atoms with van der Waals surface area (Å²) in [5.41, 5.74) is 1.64. The number of rotatable bonds is 7. The van der Waals surface area contributed by atoms with Gasteiger partial charge in [0.25, 0.3) is 11.8 Å². The first-order valence-corrected chi connectivity index (χ1v) is 11.3. The Labute approximate surface area is 192 Å². The van der Waals surface area contributed by atoms with Crippen LogP contribution in [-0.2, 0) is 0 Å². The van der Waals surface area contributed by atoms with Crippen molar-refractivity contribution in [3.63, 3.8) is 0 Å². The van der Waals surface area contributed by atoms with Gasteiger partial charge in [0.05, 0.1) is 30.5 Å². The molecule has 0 aliphatic heterocycles. The highest BCUT2D eigenvalue weighted by Gasteiger charge is 2.18. The zero-order chi connectivity index (χ0) is 22.5. The molecule has 0 radical (unpaired) electrons. The van der Waals surface area contributed by atoms with Crippen LogP contribution in [0.25, 0.3) is 9.88 Å². The predicted octanol–water partition coefficient (Wildman–Crippen LogP) is 5.39. The van der Waals surface area contributed by atoms with Gasteiger partial charge in [0.2, 0.25) is 0 Å². The Morgan fingerprint density at radius 3 is 2.09 bits per heavy atom. The highest BCUT2D eigenvalue weighted by Crippen LogP contribution is 2.37. The van der Waals surface area contributed by atoms with Gasteiger partial charge < -0.3 is 20.1 Å². The maximum absolute atomic E-state index is 12.8. The maximum atomic E-state index is 12.8. The Kier molecular flexibility index (Phi) is 6.48. The molecule has 9 heteroatoms. The lowest BCUT2D eigenvalue weighted by Crippen LogP contribution is -2.15. The van der Waals surface area contributed by atoms with E-state index in [1.165, 1.54) is 25.6 Å². The molecule has 0 spiro atoms. The second kappa shape index (κ2) is 9.63. The van der Waals surface area contributed by atoms with Crippen LogP contribution in [0.2, 0.25) is 0 Å². The van der Waals surface area contributed by atoms with E-state index in [1.54, 1.807) is 53.1 Å². The summed E-state index contributed by atoms with van der Waals surface area (Å²) < 4.78 is 10.9. The second-order valence-corrected chi connectivity index (χ2v) is 8.35. The van der Waals surface area contributed by atoms with Crippen LogP contribution in [0.15, 0.2) is 65.4 Å². The van der Waals surface area contributed by atoms with Crippen molar-refractivity contribution >= 4 is 45.9 Å². The van der Waals surface area contributed by atoms with Gasteiger partial charge in [-0.1, -0.05) is 24.3 Å². The van der Waals surface area contributed by atoms with E-state index in [0.717, 1.165) is 9.88 Å². The number of thiazole rings is 1. The summed E-state index contributed by atoms with van der Waals surface area (Å²) in [5.74, 6) is 0.0935. The number of carbonyl (C=O) groups is 2. The van der Waals surface area contributed by atoms with E-state index in [0.29, 0.717) is 34.1 Å². The number of hydrogen-bond donors (Lipinski definition) is 2. The van der Waals surface area contributed by atoms with Gasteiger partial charge in [0.1, 0.15) is 22.2 Å². The molecule has 0 saturated carbocycles. The second-order valence-electron chi connectivity index (χ2n) is 6.54. The maximum Gasteiger partial charge on any atom is 0.275 e. The molecule has 0 fully saturated rings. The van der Waals surface area contributed by atoms with Crippen LogP contribution in [0.5, 0.6) is 11.5 Å². The summed E-state index contributed by atoms with van der Waals surface area (Å²) in [6.45, 7) is 0. The summed E-state index contributed by atoms with van der Waals surface area (Å²) in [6, 6.07) is 15.9. The lowest BCUT2D eigenvalue weighted by atomic mass is 10.2. The number of nitrogens with one attached hydrogen (secondary N) is 2. The van der Waals surface area contributed by atoms with Gasteiger partial charge in [-0.2, -0.15) is 0 Å².